The minimum Gasteiger partial charge on any atom is -0.491 e. The van der Waals surface area contributed by atoms with E-state index in [2.05, 4.69) is 26.1 Å². The maximum Gasteiger partial charge on any atom is 0.255 e. The zero-order chi connectivity index (χ0) is 34.5. The molecule has 1 aliphatic rings. The number of rotatable bonds is 8. The largest absolute Gasteiger partial charge is 0.491 e. The molecule has 256 valence electrons. The molecule has 0 fully saturated rings. The molecule has 0 aliphatic carbocycles. The van der Waals surface area contributed by atoms with E-state index in [1.807, 2.05) is 31.2 Å². The van der Waals surface area contributed by atoms with Crippen LogP contribution in [-0.4, -0.2) is 83.4 Å². The summed E-state index contributed by atoms with van der Waals surface area (Å²) in [5.41, 5.74) is 6.99. The summed E-state index contributed by atoms with van der Waals surface area (Å²) in [6.07, 6.45) is 1.19. The Kier molecular flexibility index (Phi) is 13.0. The fourth-order valence-electron chi connectivity index (χ4n) is 5.10. The van der Waals surface area contributed by atoms with Gasteiger partial charge in [0.15, 0.2) is 0 Å². The van der Waals surface area contributed by atoms with Crippen molar-refractivity contribution in [1.82, 2.24) is 31.0 Å². The fourth-order valence-corrected chi connectivity index (χ4v) is 5.10. The molecule has 0 radical (unpaired) electrons. The molecule has 4 rings (SSSR count). The van der Waals surface area contributed by atoms with Crippen molar-refractivity contribution in [1.29, 1.82) is 0 Å². The number of carbonyl (C=O) groups is 5. The standard InChI is InChI=1S/C33H40FN7O7/c1-21-6-2-3-7-23(21)31-39-29(48-40-31)9-4-10-30(44)41-17-5-8-28(43)36-16-19-47-26-13-11-22(34)20-24(26)32(45)38-25(12-14-27(35)42)33(46)37-15-18-41/h2-3,6-7,11,13,20,25H,4-5,8-10,12,14-19H2,1H3,(H2,35,42)(H,36,43)(H,37,46)(H,38,45)/t25-/m0/s1. The molecule has 2 heterocycles. The predicted octanol–water partition coefficient (Wildman–Crippen LogP) is 1.80. The first kappa shape index (κ1) is 35.5. The Bertz CT molecular complexity index is 1610. The monoisotopic (exact) mass is 665 g/mol. The first-order valence-electron chi connectivity index (χ1n) is 15.8. The molecule has 1 aliphatic heterocycles. The van der Waals surface area contributed by atoms with Crippen LogP contribution in [0.3, 0.4) is 0 Å². The zero-order valence-electron chi connectivity index (χ0n) is 26.8. The van der Waals surface area contributed by atoms with Crippen molar-refractivity contribution < 1.29 is 37.6 Å². The summed E-state index contributed by atoms with van der Waals surface area (Å²) in [5.74, 6) is -2.29. The summed E-state index contributed by atoms with van der Waals surface area (Å²) < 4.78 is 25.1. The van der Waals surface area contributed by atoms with Gasteiger partial charge in [-0.2, -0.15) is 4.98 Å². The molecule has 5 amide bonds. The second kappa shape index (κ2) is 17.5. The van der Waals surface area contributed by atoms with Gasteiger partial charge in [-0.1, -0.05) is 29.4 Å². The van der Waals surface area contributed by atoms with Crippen LogP contribution in [0, 0.1) is 12.7 Å². The van der Waals surface area contributed by atoms with Gasteiger partial charge in [-0.15, -0.1) is 0 Å². The van der Waals surface area contributed by atoms with Crippen molar-refractivity contribution in [3.63, 3.8) is 0 Å². The van der Waals surface area contributed by atoms with Gasteiger partial charge in [0, 0.05) is 50.9 Å². The molecule has 2 aromatic carbocycles. The van der Waals surface area contributed by atoms with Gasteiger partial charge in [-0.25, -0.2) is 4.39 Å². The highest BCUT2D eigenvalue weighted by Crippen LogP contribution is 2.21. The third-order valence-corrected chi connectivity index (χ3v) is 7.67. The van der Waals surface area contributed by atoms with Crippen LogP contribution in [0.4, 0.5) is 4.39 Å². The van der Waals surface area contributed by atoms with Gasteiger partial charge >= 0.3 is 0 Å². The molecule has 0 saturated carbocycles. The average molecular weight is 666 g/mol. The second-order valence-electron chi connectivity index (χ2n) is 11.3. The van der Waals surface area contributed by atoms with Gasteiger partial charge in [0.25, 0.3) is 5.91 Å². The molecule has 0 bridgehead atoms. The summed E-state index contributed by atoms with van der Waals surface area (Å²) in [6.45, 7) is 2.47. The van der Waals surface area contributed by atoms with Crippen LogP contribution in [0.25, 0.3) is 11.4 Å². The van der Waals surface area contributed by atoms with Crippen LogP contribution in [0.15, 0.2) is 47.0 Å². The average Bonchev–Trinajstić information content (AvgIpc) is 3.52. The fraction of sp³-hybridized carbons (Fsp3) is 0.424. The number of carbonyl (C=O) groups excluding carboxylic acids is 5. The number of fused-ring (bicyclic) bond motifs is 1. The molecule has 0 spiro atoms. The van der Waals surface area contributed by atoms with Gasteiger partial charge in [0.1, 0.15) is 24.2 Å². The maximum absolute atomic E-state index is 14.1. The van der Waals surface area contributed by atoms with Crippen molar-refractivity contribution in [2.24, 2.45) is 5.73 Å². The smallest absolute Gasteiger partial charge is 0.255 e. The molecular formula is C33H40FN7O7. The lowest BCUT2D eigenvalue weighted by atomic mass is 10.1. The number of amides is 5. The third kappa shape index (κ3) is 10.6. The quantitative estimate of drug-likeness (QED) is 0.277. The summed E-state index contributed by atoms with van der Waals surface area (Å²) in [7, 11) is 0. The van der Waals surface area contributed by atoms with Crippen LogP contribution < -0.4 is 26.4 Å². The molecule has 1 atom stereocenters. The Balaban J connectivity index is 1.41. The van der Waals surface area contributed by atoms with Crippen molar-refractivity contribution in [3.8, 4) is 17.1 Å². The van der Waals surface area contributed by atoms with Crippen LogP contribution in [0.5, 0.6) is 5.75 Å². The number of nitrogens with zero attached hydrogens (tertiary/aromatic N) is 3. The first-order valence-corrected chi connectivity index (χ1v) is 15.8. The van der Waals surface area contributed by atoms with Crippen molar-refractivity contribution in [3.05, 3.63) is 65.3 Å². The van der Waals surface area contributed by atoms with Gasteiger partial charge in [-0.05, 0) is 49.9 Å². The highest BCUT2D eigenvalue weighted by Gasteiger charge is 2.25. The molecule has 5 N–H and O–H groups in total. The molecule has 1 aromatic heterocycles. The lowest BCUT2D eigenvalue weighted by Crippen LogP contribution is -2.49. The predicted molar refractivity (Wildman–Crippen MR) is 171 cm³/mol. The first-order chi connectivity index (χ1) is 23.1. The van der Waals surface area contributed by atoms with E-state index in [0.29, 0.717) is 31.0 Å². The molecule has 0 saturated heterocycles. The molecule has 14 nitrogen and oxygen atoms in total. The highest BCUT2D eigenvalue weighted by molar-refractivity contribution is 5.99. The number of ether oxygens (including phenoxy) is 1. The minimum absolute atomic E-state index is 0.0135. The van der Waals surface area contributed by atoms with E-state index >= 15 is 0 Å². The van der Waals surface area contributed by atoms with Gasteiger partial charge in [0.05, 0.1) is 12.1 Å². The zero-order valence-corrected chi connectivity index (χ0v) is 26.8. The summed E-state index contributed by atoms with van der Waals surface area (Å²) in [4.78, 5) is 69.5. The Hall–Kier alpha value is -5.34. The molecule has 0 unspecified atom stereocenters. The Morgan fingerprint density at radius 1 is 1.04 bits per heavy atom. The topological polar surface area (TPSA) is 199 Å². The van der Waals surface area contributed by atoms with Crippen LogP contribution in [-0.2, 0) is 25.6 Å². The summed E-state index contributed by atoms with van der Waals surface area (Å²) in [5, 5.41) is 12.0. The molecule has 3 aromatic rings. The SMILES string of the molecule is Cc1ccccc1-c1noc(CCCC(=O)N2CCCC(=O)NCCOc3ccc(F)cc3C(=O)N[C@@H](CCC(N)=O)C(=O)NCC2)n1. The molecular weight excluding hydrogens is 625 g/mol. The number of benzene rings is 2. The number of hydrogen-bond donors (Lipinski definition) is 4. The number of primary amides is 1. The third-order valence-electron chi connectivity index (χ3n) is 7.67. The van der Waals surface area contributed by atoms with Crippen molar-refractivity contribution in [2.45, 2.75) is 57.9 Å². The Labute approximate surface area is 276 Å². The Morgan fingerprint density at radius 3 is 2.65 bits per heavy atom. The van der Waals surface area contributed by atoms with E-state index in [1.54, 1.807) is 4.90 Å². The maximum atomic E-state index is 14.1. The Morgan fingerprint density at radius 2 is 1.85 bits per heavy atom. The van der Waals surface area contributed by atoms with Gasteiger partial charge in [0.2, 0.25) is 35.3 Å². The number of nitrogens with one attached hydrogen (secondary N) is 3. The normalized spacial score (nSPS) is 16.8. The van der Waals surface area contributed by atoms with E-state index < -0.39 is 29.6 Å². The van der Waals surface area contributed by atoms with Crippen LogP contribution in [0.2, 0.25) is 0 Å². The molecule has 48 heavy (non-hydrogen) atoms. The van der Waals surface area contributed by atoms with E-state index in [4.69, 9.17) is 15.0 Å². The van der Waals surface area contributed by atoms with E-state index in [0.717, 1.165) is 23.3 Å². The van der Waals surface area contributed by atoms with E-state index in [-0.39, 0.29) is 81.6 Å². The highest BCUT2D eigenvalue weighted by atomic mass is 19.1. The number of aromatic nitrogens is 2. The van der Waals surface area contributed by atoms with Crippen molar-refractivity contribution >= 4 is 29.5 Å². The van der Waals surface area contributed by atoms with Crippen LogP contribution in [0.1, 0.15) is 60.3 Å². The van der Waals surface area contributed by atoms with Crippen molar-refractivity contribution in [2.75, 3.05) is 32.8 Å². The van der Waals surface area contributed by atoms with E-state index in [9.17, 15) is 28.4 Å². The second-order valence-corrected chi connectivity index (χ2v) is 11.3. The molecule has 15 heteroatoms. The summed E-state index contributed by atoms with van der Waals surface area (Å²) >= 11 is 0. The number of aryl methyl sites for hydroxylation is 2. The van der Waals surface area contributed by atoms with Crippen LogP contribution >= 0.6 is 0 Å². The van der Waals surface area contributed by atoms with Gasteiger partial charge in [-0.3, -0.25) is 24.0 Å². The minimum atomic E-state index is -1.18. The number of nitrogens with two attached hydrogens (primary N) is 1. The lowest BCUT2D eigenvalue weighted by Gasteiger charge is -2.24. The number of halogens is 1. The van der Waals surface area contributed by atoms with Gasteiger partial charge < -0.3 is 35.8 Å². The number of hydrogen-bond acceptors (Lipinski definition) is 9. The summed E-state index contributed by atoms with van der Waals surface area (Å²) in [6, 6.07) is 9.86. The lowest BCUT2D eigenvalue weighted by molar-refractivity contribution is -0.132. The van der Waals surface area contributed by atoms with E-state index in [1.165, 1.54) is 6.07 Å².